The maximum Gasteiger partial charge on any atom is 0.0389 e. The number of piperazine rings is 1. The third kappa shape index (κ3) is 5.23. The Bertz CT molecular complexity index is 309. The van der Waals surface area contributed by atoms with Crippen LogP contribution in [0.1, 0.15) is 47.1 Å². The van der Waals surface area contributed by atoms with Crippen LogP contribution in [0.5, 0.6) is 0 Å². The van der Waals surface area contributed by atoms with Crippen molar-refractivity contribution < 1.29 is 0 Å². The van der Waals surface area contributed by atoms with Crippen molar-refractivity contribution in [1.82, 2.24) is 5.32 Å². The predicted octanol–water partition coefficient (Wildman–Crippen LogP) is 4.23. The number of hydrogen-bond acceptors (Lipinski definition) is 2. The van der Waals surface area contributed by atoms with Gasteiger partial charge in [0.25, 0.3) is 0 Å². The van der Waals surface area contributed by atoms with Gasteiger partial charge in [-0.05, 0) is 32.9 Å². The van der Waals surface area contributed by atoms with Crippen molar-refractivity contribution in [2.45, 2.75) is 60.5 Å². The van der Waals surface area contributed by atoms with Crippen molar-refractivity contribution in [3.8, 4) is 0 Å². The van der Waals surface area contributed by atoms with Crippen LogP contribution >= 0.6 is 0 Å². The van der Waals surface area contributed by atoms with E-state index in [1.807, 2.05) is 27.7 Å². The van der Waals surface area contributed by atoms with Crippen LogP contribution in [0.4, 0.5) is 5.69 Å². The Kier molecular flexibility index (Phi) is 9.32. The topological polar surface area (TPSA) is 15.3 Å². The van der Waals surface area contributed by atoms with E-state index in [1.165, 1.54) is 11.3 Å². The van der Waals surface area contributed by atoms with Gasteiger partial charge in [0.1, 0.15) is 0 Å². The molecule has 0 aromatic heterocycles. The van der Waals surface area contributed by atoms with Crippen molar-refractivity contribution >= 4 is 5.69 Å². The molecule has 0 aliphatic carbocycles. The highest BCUT2D eigenvalue weighted by molar-refractivity contribution is 5.50. The van der Waals surface area contributed by atoms with Gasteiger partial charge in [-0.15, -0.1) is 0 Å². The second-order valence-electron chi connectivity index (χ2n) is 4.60. The number of hydrogen-bond donors (Lipinski definition) is 1. The zero-order valence-electron chi connectivity index (χ0n) is 13.8. The Hall–Kier alpha value is -1.02. The van der Waals surface area contributed by atoms with Crippen LogP contribution in [0.2, 0.25) is 0 Å². The monoisotopic (exact) mass is 264 g/mol. The van der Waals surface area contributed by atoms with E-state index in [9.17, 15) is 0 Å². The van der Waals surface area contributed by atoms with E-state index in [0.717, 1.165) is 13.1 Å². The van der Waals surface area contributed by atoms with Gasteiger partial charge in [0.2, 0.25) is 0 Å². The third-order valence-electron chi connectivity index (χ3n) is 3.16. The first-order chi connectivity index (χ1) is 9.18. The predicted molar refractivity (Wildman–Crippen MR) is 88.1 cm³/mol. The molecule has 0 amide bonds. The first kappa shape index (κ1) is 18.0. The van der Waals surface area contributed by atoms with E-state index in [4.69, 9.17) is 0 Å². The second-order valence-corrected chi connectivity index (χ2v) is 4.60. The molecule has 19 heavy (non-hydrogen) atoms. The standard InChI is InChI=1S/C13H20N2.2C2H6/c1-10-4-6-13(7-5-10)15-11(2)8-14-9-12(15)3;2*1-2/h4-7,11-12,14H,8-9H2,1-3H3;2*1-2H3. The van der Waals surface area contributed by atoms with E-state index < -0.39 is 0 Å². The second kappa shape index (κ2) is 9.85. The van der Waals surface area contributed by atoms with Gasteiger partial charge in [0.15, 0.2) is 0 Å². The normalized spacial score (nSPS) is 21.7. The molecule has 1 fully saturated rings. The lowest BCUT2D eigenvalue weighted by Gasteiger charge is -2.41. The third-order valence-corrected chi connectivity index (χ3v) is 3.16. The van der Waals surface area contributed by atoms with Crippen LogP contribution in [0.25, 0.3) is 0 Å². The number of rotatable bonds is 1. The summed E-state index contributed by atoms with van der Waals surface area (Å²) in [5, 5.41) is 3.45. The molecule has 1 aromatic rings. The smallest absolute Gasteiger partial charge is 0.0389 e. The molecule has 0 bridgehead atoms. The first-order valence-corrected chi connectivity index (χ1v) is 7.74. The summed E-state index contributed by atoms with van der Waals surface area (Å²) in [5.41, 5.74) is 2.68. The fourth-order valence-corrected chi connectivity index (χ4v) is 2.36. The van der Waals surface area contributed by atoms with E-state index in [0.29, 0.717) is 12.1 Å². The van der Waals surface area contributed by atoms with Crippen LogP contribution < -0.4 is 10.2 Å². The maximum atomic E-state index is 3.45. The highest BCUT2D eigenvalue weighted by atomic mass is 15.2. The number of nitrogens with one attached hydrogen (secondary N) is 1. The van der Waals surface area contributed by atoms with Gasteiger partial charge in [0, 0.05) is 30.9 Å². The lowest BCUT2D eigenvalue weighted by molar-refractivity contribution is 0.432. The summed E-state index contributed by atoms with van der Waals surface area (Å²) in [5.74, 6) is 0. The lowest BCUT2D eigenvalue weighted by Crippen LogP contribution is -2.55. The Morgan fingerprint density at radius 2 is 1.32 bits per heavy atom. The highest BCUT2D eigenvalue weighted by Crippen LogP contribution is 2.22. The highest BCUT2D eigenvalue weighted by Gasteiger charge is 2.24. The molecule has 0 spiro atoms. The molecule has 0 saturated carbocycles. The SMILES string of the molecule is CC.CC.Cc1ccc(N2C(C)CNCC2C)cc1. The largest absolute Gasteiger partial charge is 0.364 e. The quantitative estimate of drug-likeness (QED) is 0.816. The Balaban J connectivity index is 0.000000741. The molecule has 2 unspecified atom stereocenters. The molecule has 1 aromatic carbocycles. The fourth-order valence-electron chi connectivity index (χ4n) is 2.36. The zero-order chi connectivity index (χ0) is 14.8. The Morgan fingerprint density at radius 3 is 1.74 bits per heavy atom. The number of aryl methyl sites for hydroxylation is 1. The van der Waals surface area contributed by atoms with Crippen molar-refractivity contribution in [1.29, 1.82) is 0 Å². The summed E-state index contributed by atoms with van der Waals surface area (Å²) in [6, 6.07) is 10.0. The molecule has 1 saturated heterocycles. The van der Waals surface area contributed by atoms with Gasteiger partial charge < -0.3 is 10.2 Å². The summed E-state index contributed by atoms with van der Waals surface area (Å²) in [4.78, 5) is 2.51. The Labute approximate surface area is 120 Å². The number of anilines is 1. The van der Waals surface area contributed by atoms with Crippen molar-refractivity contribution in [2.24, 2.45) is 0 Å². The molecule has 0 radical (unpaired) electrons. The molecular formula is C17H32N2. The maximum absolute atomic E-state index is 3.45. The molecule has 1 aliphatic heterocycles. The van der Waals surface area contributed by atoms with E-state index in [-0.39, 0.29) is 0 Å². The van der Waals surface area contributed by atoms with Gasteiger partial charge in [-0.2, -0.15) is 0 Å². The molecule has 1 heterocycles. The molecule has 1 N–H and O–H groups in total. The minimum Gasteiger partial charge on any atom is -0.364 e. The van der Waals surface area contributed by atoms with Crippen molar-refractivity contribution in [2.75, 3.05) is 18.0 Å². The van der Waals surface area contributed by atoms with Crippen LogP contribution in [0, 0.1) is 6.92 Å². The molecule has 2 rings (SSSR count). The average Bonchev–Trinajstić information content (AvgIpc) is 2.45. The van der Waals surface area contributed by atoms with Crippen LogP contribution in [-0.4, -0.2) is 25.2 Å². The van der Waals surface area contributed by atoms with E-state index >= 15 is 0 Å². The summed E-state index contributed by atoms with van der Waals surface area (Å²) in [6.07, 6.45) is 0. The van der Waals surface area contributed by atoms with Gasteiger partial charge in [-0.3, -0.25) is 0 Å². The zero-order valence-corrected chi connectivity index (χ0v) is 13.8. The molecule has 110 valence electrons. The van der Waals surface area contributed by atoms with Crippen LogP contribution in [0.15, 0.2) is 24.3 Å². The molecule has 2 nitrogen and oxygen atoms in total. The average molecular weight is 264 g/mol. The molecule has 1 aliphatic rings. The van der Waals surface area contributed by atoms with E-state index in [1.54, 1.807) is 0 Å². The molecular weight excluding hydrogens is 232 g/mol. The van der Waals surface area contributed by atoms with Crippen LogP contribution in [-0.2, 0) is 0 Å². The van der Waals surface area contributed by atoms with Gasteiger partial charge >= 0.3 is 0 Å². The van der Waals surface area contributed by atoms with Crippen molar-refractivity contribution in [3.63, 3.8) is 0 Å². The van der Waals surface area contributed by atoms with Gasteiger partial charge in [0.05, 0.1) is 0 Å². The minimum atomic E-state index is 0.580. The van der Waals surface area contributed by atoms with E-state index in [2.05, 4.69) is 55.3 Å². The minimum absolute atomic E-state index is 0.580. The summed E-state index contributed by atoms with van der Waals surface area (Å²) in [6.45, 7) is 16.9. The van der Waals surface area contributed by atoms with Gasteiger partial charge in [-0.25, -0.2) is 0 Å². The molecule has 2 atom stereocenters. The van der Waals surface area contributed by atoms with Crippen LogP contribution in [0.3, 0.4) is 0 Å². The fraction of sp³-hybridized carbons (Fsp3) is 0.647. The summed E-state index contributed by atoms with van der Waals surface area (Å²) < 4.78 is 0. The lowest BCUT2D eigenvalue weighted by atomic mass is 10.1. The first-order valence-electron chi connectivity index (χ1n) is 7.74. The Morgan fingerprint density at radius 1 is 0.895 bits per heavy atom. The van der Waals surface area contributed by atoms with Crippen molar-refractivity contribution in [3.05, 3.63) is 29.8 Å². The number of benzene rings is 1. The summed E-state index contributed by atoms with van der Waals surface area (Å²) >= 11 is 0. The molecule has 2 heteroatoms. The summed E-state index contributed by atoms with van der Waals surface area (Å²) in [7, 11) is 0. The van der Waals surface area contributed by atoms with Gasteiger partial charge in [-0.1, -0.05) is 45.4 Å². The number of nitrogens with zero attached hydrogens (tertiary/aromatic N) is 1.